The summed E-state index contributed by atoms with van der Waals surface area (Å²) in [4.78, 5) is 0. The van der Waals surface area contributed by atoms with Crippen LogP contribution in [-0.2, 0) is 9.47 Å². The normalized spacial score (nSPS) is 21.9. The van der Waals surface area contributed by atoms with Crippen LogP contribution in [0.2, 0.25) is 13.3 Å². The van der Waals surface area contributed by atoms with Crippen LogP contribution in [0.4, 0.5) is 0 Å². The molecule has 0 amide bonds. The van der Waals surface area contributed by atoms with Gasteiger partial charge in [-0.25, -0.2) is 0 Å². The third-order valence-electron chi connectivity index (χ3n) is 6.40. The summed E-state index contributed by atoms with van der Waals surface area (Å²) in [5, 5.41) is 0. The Bertz CT molecular complexity index is 366. The van der Waals surface area contributed by atoms with Crippen molar-refractivity contribution in [2.24, 2.45) is 5.92 Å². The van der Waals surface area contributed by atoms with Crippen LogP contribution in [0, 0.1) is 5.92 Å². The van der Waals surface area contributed by atoms with E-state index in [-0.39, 0.29) is 6.29 Å². The van der Waals surface area contributed by atoms with Crippen molar-refractivity contribution in [3.8, 4) is 0 Å². The molecule has 0 aromatic carbocycles. The SMILES string of the molecule is CCC[CH2][Sn]([CH2]CCC)([CH2]CCC)[C]1=CCC[C@@H]1CCC1OCCO1. The first-order valence-corrected chi connectivity index (χ1v) is 18.7. The minimum atomic E-state index is -2.19. The number of rotatable bonds is 13. The molecule has 1 aliphatic heterocycles. The second-order valence-electron chi connectivity index (χ2n) is 8.27. The van der Waals surface area contributed by atoms with Crippen molar-refractivity contribution in [2.75, 3.05) is 13.2 Å². The number of allylic oxidation sites excluding steroid dienone is 2. The molecular weight excluding hydrogens is 415 g/mol. The Labute approximate surface area is 161 Å². The van der Waals surface area contributed by atoms with Gasteiger partial charge in [-0.1, -0.05) is 0 Å². The van der Waals surface area contributed by atoms with Gasteiger partial charge in [0.1, 0.15) is 0 Å². The summed E-state index contributed by atoms with van der Waals surface area (Å²) >= 11 is -2.19. The molecule has 0 saturated carbocycles. The van der Waals surface area contributed by atoms with Crippen molar-refractivity contribution in [3.63, 3.8) is 0 Å². The van der Waals surface area contributed by atoms with Crippen LogP contribution >= 0.6 is 0 Å². The molecular formula is C22H42O2Sn. The Kier molecular flexibility index (Phi) is 10.5. The van der Waals surface area contributed by atoms with Gasteiger partial charge in [0.05, 0.1) is 0 Å². The molecule has 146 valence electrons. The van der Waals surface area contributed by atoms with Gasteiger partial charge in [-0.15, -0.1) is 0 Å². The summed E-state index contributed by atoms with van der Waals surface area (Å²) in [6.45, 7) is 8.73. The fourth-order valence-electron chi connectivity index (χ4n) is 4.98. The molecule has 0 radical (unpaired) electrons. The molecule has 2 aliphatic rings. The Morgan fingerprint density at radius 2 is 1.44 bits per heavy atom. The predicted octanol–water partition coefficient (Wildman–Crippen LogP) is 6.86. The summed E-state index contributed by atoms with van der Waals surface area (Å²) in [6, 6.07) is 0. The summed E-state index contributed by atoms with van der Waals surface area (Å²) in [6.07, 6.45) is 16.5. The molecule has 25 heavy (non-hydrogen) atoms. The molecule has 0 spiro atoms. The molecule has 1 atom stereocenters. The number of hydrogen-bond acceptors (Lipinski definition) is 2. The van der Waals surface area contributed by atoms with E-state index in [0.717, 1.165) is 25.6 Å². The van der Waals surface area contributed by atoms with E-state index in [1.165, 1.54) is 57.8 Å². The maximum atomic E-state index is 5.70. The fourth-order valence-corrected chi connectivity index (χ4v) is 23.4. The van der Waals surface area contributed by atoms with Gasteiger partial charge in [0, 0.05) is 0 Å². The van der Waals surface area contributed by atoms with Gasteiger partial charge in [0.25, 0.3) is 0 Å². The van der Waals surface area contributed by atoms with E-state index in [9.17, 15) is 0 Å². The van der Waals surface area contributed by atoms with Gasteiger partial charge in [-0.05, 0) is 0 Å². The Balaban J connectivity index is 2.07. The first kappa shape index (κ1) is 21.8. The number of hydrogen-bond donors (Lipinski definition) is 0. The third kappa shape index (κ3) is 6.53. The average molecular weight is 457 g/mol. The molecule has 0 unspecified atom stereocenters. The predicted molar refractivity (Wildman–Crippen MR) is 111 cm³/mol. The van der Waals surface area contributed by atoms with Crippen LogP contribution in [0.3, 0.4) is 0 Å². The zero-order valence-electron chi connectivity index (χ0n) is 17.2. The van der Waals surface area contributed by atoms with E-state index in [4.69, 9.17) is 9.47 Å². The van der Waals surface area contributed by atoms with E-state index in [0.29, 0.717) is 0 Å². The first-order chi connectivity index (χ1) is 12.3. The molecule has 1 heterocycles. The Hall–Kier alpha value is 0.459. The molecule has 0 bridgehead atoms. The summed E-state index contributed by atoms with van der Waals surface area (Å²) in [7, 11) is 0. The molecule has 2 rings (SSSR count). The van der Waals surface area contributed by atoms with Crippen molar-refractivity contribution >= 4 is 18.4 Å². The van der Waals surface area contributed by atoms with Crippen LogP contribution in [-0.4, -0.2) is 37.9 Å². The monoisotopic (exact) mass is 458 g/mol. The average Bonchev–Trinajstić information content (AvgIpc) is 3.31. The summed E-state index contributed by atoms with van der Waals surface area (Å²) in [5.41, 5.74) is 0. The van der Waals surface area contributed by atoms with E-state index in [2.05, 4.69) is 26.8 Å². The van der Waals surface area contributed by atoms with Gasteiger partial charge in [0.2, 0.25) is 0 Å². The quantitative estimate of drug-likeness (QED) is 0.281. The van der Waals surface area contributed by atoms with Crippen molar-refractivity contribution < 1.29 is 9.47 Å². The summed E-state index contributed by atoms with van der Waals surface area (Å²) < 4.78 is 18.3. The van der Waals surface area contributed by atoms with Crippen LogP contribution in [0.1, 0.15) is 85.0 Å². The Morgan fingerprint density at radius 1 is 0.880 bits per heavy atom. The third-order valence-corrected chi connectivity index (χ3v) is 22.9. The number of ether oxygens (including phenoxy) is 2. The van der Waals surface area contributed by atoms with Gasteiger partial charge in [-0.2, -0.15) is 0 Å². The summed E-state index contributed by atoms with van der Waals surface area (Å²) in [5.74, 6) is 0.870. The zero-order chi connectivity index (χ0) is 18.0. The van der Waals surface area contributed by atoms with Crippen molar-refractivity contribution in [2.45, 2.75) is 105 Å². The van der Waals surface area contributed by atoms with E-state index >= 15 is 0 Å². The molecule has 1 fully saturated rings. The van der Waals surface area contributed by atoms with Crippen molar-refractivity contribution in [1.82, 2.24) is 0 Å². The van der Waals surface area contributed by atoms with Crippen LogP contribution in [0.5, 0.6) is 0 Å². The standard InChI is InChI=1S/C10H15O2.3C4H9.Sn/c1-2-4-9(3-1)5-6-10-11-7-8-12-10;3*1-3-4-2;/h1,9-10H,2,4-8H2;3*1,3-4H2,2H3;/t9-;;;;/m1..../s1. The second-order valence-corrected chi connectivity index (χ2v) is 21.5. The Morgan fingerprint density at radius 3 is 1.96 bits per heavy atom. The molecule has 0 aromatic heterocycles. The zero-order valence-corrected chi connectivity index (χ0v) is 20.0. The van der Waals surface area contributed by atoms with Crippen molar-refractivity contribution in [3.05, 3.63) is 9.67 Å². The fraction of sp³-hybridized carbons (Fsp3) is 0.909. The van der Waals surface area contributed by atoms with Gasteiger partial charge < -0.3 is 0 Å². The molecule has 0 N–H and O–H groups in total. The van der Waals surface area contributed by atoms with E-state index in [1.54, 1.807) is 13.3 Å². The van der Waals surface area contributed by atoms with Gasteiger partial charge in [0.15, 0.2) is 0 Å². The molecule has 1 aliphatic carbocycles. The van der Waals surface area contributed by atoms with E-state index < -0.39 is 18.4 Å². The van der Waals surface area contributed by atoms with Gasteiger partial charge in [-0.3, -0.25) is 0 Å². The molecule has 1 saturated heterocycles. The second kappa shape index (κ2) is 12.0. The first-order valence-electron chi connectivity index (χ1n) is 11.2. The molecule has 2 nitrogen and oxygen atoms in total. The van der Waals surface area contributed by atoms with E-state index in [1.807, 2.05) is 3.59 Å². The topological polar surface area (TPSA) is 18.5 Å². The van der Waals surface area contributed by atoms with Crippen LogP contribution in [0.25, 0.3) is 0 Å². The minimum absolute atomic E-state index is 0.0911. The molecule has 0 aromatic rings. The molecule has 3 heteroatoms. The van der Waals surface area contributed by atoms with Crippen molar-refractivity contribution in [1.29, 1.82) is 0 Å². The van der Waals surface area contributed by atoms with Crippen LogP contribution in [0.15, 0.2) is 9.67 Å². The van der Waals surface area contributed by atoms with Crippen LogP contribution < -0.4 is 0 Å². The maximum absolute atomic E-state index is 5.70. The number of unbranched alkanes of at least 4 members (excludes halogenated alkanes) is 3. The van der Waals surface area contributed by atoms with Gasteiger partial charge >= 0.3 is 161 Å².